The third-order valence-electron chi connectivity index (χ3n) is 1.96. The largest absolute Gasteiger partial charge is 0.465 e. The van der Waals surface area contributed by atoms with Crippen molar-refractivity contribution in [3.8, 4) is 10.9 Å². The average Bonchev–Trinajstić information content (AvgIpc) is 2.72. The minimum absolute atomic E-state index is 0.0656. The number of carbonyl (C=O) groups is 1. The molecule has 4 nitrogen and oxygen atoms in total. The van der Waals surface area contributed by atoms with E-state index in [2.05, 4.69) is 9.72 Å². The molecule has 1 heterocycles. The van der Waals surface area contributed by atoms with Gasteiger partial charge in [-0.25, -0.2) is 4.79 Å². The molecule has 0 radical (unpaired) electrons. The quantitative estimate of drug-likeness (QED) is 0.803. The Balaban J connectivity index is 2.20. The summed E-state index contributed by atoms with van der Waals surface area (Å²) in [5.74, 6) is 0.0182. The van der Waals surface area contributed by atoms with Crippen LogP contribution in [0.5, 0.6) is 10.9 Å². The average molecular weight is 304 g/mol. The van der Waals surface area contributed by atoms with Crippen LogP contribution in [0.15, 0.2) is 24.3 Å². The number of carbonyl (C=O) groups excluding carboxylic acids is 1. The monoisotopic (exact) mass is 303 g/mol. The van der Waals surface area contributed by atoms with Crippen molar-refractivity contribution >= 4 is 40.5 Å². The molecule has 0 spiro atoms. The fraction of sp³-hybridized carbons (Fsp3) is 0.0909. The fourth-order valence-electron chi connectivity index (χ4n) is 1.15. The summed E-state index contributed by atoms with van der Waals surface area (Å²) in [5.41, 5.74) is 0. The van der Waals surface area contributed by atoms with Crippen molar-refractivity contribution in [3.63, 3.8) is 0 Å². The molecule has 2 rings (SSSR count). The van der Waals surface area contributed by atoms with Crippen LogP contribution in [-0.4, -0.2) is 18.1 Å². The third kappa shape index (κ3) is 2.93. The minimum Gasteiger partial charge on any atom is -0.465 e. The first-order valence-corrected chi connectivity index (χ1v) is 6.35. The maximum absolute atomic E-state index is 11.3. The molecule has 0 N–H and O–H groups in total. The molecule has 7 heteroatoms. The van der Waals surface area contributed by atoms with E-state index in [0.29, 0.717) is 10.8 Å². The number of benzene rings is 1. The van der Waals surface area contributed by atoms with Crippen LogP contribution in [0.2, 0.25) is 10.2 Å². The highest BCUT2D eigenvalue weighted by molar-refractivity contribution is 7.15. The normalized spacial score (nSPS) is 10.2. The van der Waals surface area contributed by atoms with E-state index >= 15 is 0 Å². The van der Waals surface area contributed by atoms with Gasteiger partial charge in [0.2, 0.25) is 0 Å². The van der Waals surface area contributed by atoms with Crippen molar-refractivity contribution in [2.45, 2.75) is 0 Å². The van der Waals surface area contributed by atoms with Crippen LogP contribution in [0.1, 0.15) is 9.67 Å². The zero-order valence-corrected chi connectivity index (χ0v) is 11.5. The molecular formula is C11H7Cl2NO3S. The van der Waals surface area contributed by atoms with Gasteiger partial charge in [-0.15, -0.1) is 0 Å². The Labute approximate surface area is 117 Å². The summed E-state index contributed by atoms with van der Waals surface area (Å²) < 4.78 is 10.0. The number of hydrogen-bond donors (Lipinski definition) is 0. The van der Waals surface area contributed by atoms with E-state index in [-0.39, 0.29) is 15.2 Å². The molecule has 0 saturated carbocycles. The first-order valence-electron chi connectivity index (χ1n) is 4.78. The van der Waals surface area contributed by atoms with Crippen LogP contribution in [0.4, 0.5) is 0 Å². The van der Waals surface area contributed by atoms with Crippen molar-refractivity contribution < 1.29 is 14.3 Å². The summed E-state index contributed by atoms with van der Waals surface area (Å²) in [6.07, 6.45) is 0. The van der Waals surface area contributed by atoms with Crippen molar-refractivity contribution in [3.05, 3.63) is 39.3 Å². The van der Waals surface area contributed by atoms with Gasteiger partial charge >= 0.3 is 5.97 Å². The molecule has 0 amide bonds. The Bertz CT molecular complexity index is 568. The zero-order valence-electron chi connectivity index (χ0n) is 9.15. The van der Waals surface area contributed by atoms with E-state index in [9.17, 15) is 4.79 Å². The highest BCUT2D eigenvalue weighted by atomic mass is 35.5. The molecular weight excluding hydrogens is 297 g/mol. The van der Waals surface area contributed by atoms with Gasteiger partial charge in [-0.3, -0.25) is 0 Å². The van der Waals surface area contributed by atoms with Crippen molar-refractivity contribution in [2.75, 3.05) is 7.11 Å². The van der Waals surface area contributed by atoms with Crippen molar-refractivity contribution in [1.82, 2.24) is 4.98 Å². The number of aromatic nitrogens is 1. The zero-order chi connectivity index (χ0) is 13.1. The van der Waals surface area contributed by atoms with E-state index in [4.69, 9.17) is 27.9 Å². The van der Waals surface area contributed by atoms with Gasteiger partial charge in [0, 0.05) is 5.02 Å². The van der Waals surface area contributed by atoms with Gasteiger partial charge < -0.3 is 9.47 Å². The number of nitrogens with zero attached hydrogens (tertiary/aromatic N) is 1. The predicted octanol–water partition coefficient (Wildman–Crippen LogP) is 4.03. The third-order valence-corrected chi connectivity index (χ3v) is 3.51. The van der Waals surface area contributed by atoms with Crippen LogP contribution in [0, 0.1) is 0 Å². The van der Waals surface area contributed by atoms with Crippen LogP contribution >= 0.6 is 34.5 Å². The van der Waals surface area contributed by atoms with E-state index in [1.54, 1.807) is 24.3 Å². The number of halogens is 2. The van der Waals surface area contributed by atoms with Crippen molar-refractivity contribution in [2.24, 2.45) is 0 Å². The molecule has 2 aromatic rings. The summed E-state index contributed by atoms with van der Waals surface area (Å²) in [7, 11) is 1.28. The second kappa shape index (κ2) is 5.56. The van der Waals surface area contributed by atoms with Gasteiger partial charge in [-0.2, -0.15) is 4.98 Å². The van der Waals surface area contributed by atoms with Crippen LogP contribution < -0.4 is 4.74 Å². The molecule has 94 valence electrons. The minimum atomic E-state index is -0.538. The Kier molecular flexibility index (Phi) is 4.06. The summed E-state index contributed by atoms with van der Waals surface area (Å²) >= 11 is 12.6. The summed E-state index contributed by atoms with van der Waals surface area (Å²) in [6.45, 7) is 0. The summed E-state index contributed by atoms with van der Waals surface area (Å²) in [5, 5.41) is 0.938. The van der Waals surface area contributed by atoms with E-state index in [1.165, 1.54) is 7.11 Å². The van der Waals surface area contributed by atoms with Gasteiger partial charge in [0.15, 0.2) is 10.0 Å². The maximum atomic E-state index is 11.3. The molecule has 18 heavy (non-hydrogen) atoms. The predicted molar refractivity (Wildman–Crippen MR) is 70.0 cm³/mol. The molecule has 0 saturated heterocycles. The van der Waals surface area contributed by atoms with Crippen LogP contribution in [-0.2, 0) is 4.74 Å². The fourth-order valence-corrected chi connectivity index (χ4v) is 2.34. The van der Waals surface area contributed by atoms with Crippen molar-refractivity contribution in [1.29, 1.82) is 0 Å². The van der Waals surface area contributed by atoms with Gasteiger partial charge in [-0.05, 0) is 24.3 Å². The van der Waals surface area contributed by atoms with Gasteiger partial charge in [0.05, 0.1) is 7.11 Å². The Morgan fingerprint density at radius 2 is 1.94 bits per heavy atom. The lowest BCUT2D eigenvalue weighted by molar-refractivity contribution is 0.0606. The first-order chi connectivity index (χ1) is 8.60. The van der Waals surface area contributed by atoms with Gasteiger partial charge in [-0.1, -0.05) is 34.5 Å². The maximum Gasteiger partial charge on any atom is 0.351 e. The van der Waals surface area contributed by atoms with Crippen LogP contribution in [0.25, 0.3) is 0 Å². The number of methoxy groups -OCH3 is 1. The summed E-state index contributed by atoms with van der Waals surface area (Å²) in [4.78, 5) is 15.5. The summed E-state index contributed by atoms with van der Waals surface area (Å²) in [6, 6.07) is 6.76. The molecule has 0 fully saturated rings. The lowest BCUT2D eigenvalue weighted by Crippen LogP contribution is -1.98. The lowest BCUT2D eigenvalue weighted by atomic mass is 10.3. The molecule has 0 aliphatic rings. The SMILES string of the molecule is COC(=O)c1sc(Oc2ccc(Cl)cc2)nc1Cl. The number of thiazole rings is 1. The highest BCUT2D eigenvalue weighted by Crippen LogP contribution is 2.32. The van der Waals surface area contributed by atoms with E-state index in [1.807, 2.05) is 0 Å². The topological polar surface area (TPSA) is 48.4 Å². The van der Waals surface area contributed by atoms with E-state index < -0.39 is 5.97 Å². The number of esters is 1. The molecule has 0 aliphatic carbocycles. The Hall–Kier alpha value is -1.30. The van der Waals surface area contributed by atoms with E-state index in [0.717, 1.165) is 11.3 Å². The lowest BCUT2D eigenvalue weighted by Gasteiger charge is -2.00. The van der Waals surface area contributed by atoms with Gasteiger partial charge in [0.25, 0.3) is 5.19 Å². The molecule has 0 atom stereocenters. The first kappa shape index (κ1) is 13.1. The van der Waals surface area contributed by atoms with Gasteiger partial charge in [0.1, 0.15) is 5.75 Å². The smallest absolute Gasteiger partial charge is 0.351 e. The molecule has 0 aliphatic heterocycles. The Morgan fingerprint density at radius 3 is 2.56 bits per heavy atom. The number of hydrogen-bond acceptors (Lipinski definition) is 5. The molecule has 1 aromatic carbocycles. The second-order valence-corrected chi connectivity index (χ2v) is 4.90. The van der Waals surface area contributed by atoms with Crippen LogP contribution in [0.3, 0.4) is 0 Å². The molecule has 1 aromatic heterocycles. The number of rotatable bonds is 3. The number of ether oxygens (including phenoxy) is 2. The molecule has 0 unspecified atom stereocenters. The second-order valence-electron chi connectivity index (χ2n) is 3.15. The Morgan fingerprint density at radius 1 is 1.28 bits per heavy atom. The highest BCUT2D eigenvalue weighted by Gasteiger charge is 2.18. The standard InChI is InChI=1S/C11H7Cl2NO3S/c1-16-10(15)8-9(13)14-11(18-8)17-7-4-2-6(12)3-5-7/h2-5H,1H3. The molecule has 0 bridgehead atoms.